The quantitative estimate of drug-likeness (QED) is 0.822. The maximum Gasteiger partial charge on any atom is 0.335 e. The number of carboxylic acid groups (broad SMARTS) is 1. The zero-order valence-corrected chi connectivity index (χ0v) is 11.3. The number of methoxy groups -OCH3 is 1. The Morgan fingerprint density at radius 1 is 1.32 bits per heavy atom. The summed E-state index contributed by atoms with van der Waals surface area (Å²) in [5, 5.41) is 11.7. The molecule has 1 unspecified atom stereocenters. The molecular weight excluding hydrogens is 246 g/mol. The van der Waals surface area contributed by atoms with Gasteiger partial charge in [0.15, 0.2) is 0 Å². The van der Waals surface area contributed by atoms with Crippen molar-refractivity contribution in [2.45, 2.75) is 19.9 Å². The lowest BCUT2D eigenvalue weighted by atomic mass is 10.0. The minimum atomic E-state index is -1.05. The second kappa shape index (κ2) is 6.89. The Morgan fingerprint density at radius 2 is 1.95 bits per heavy atom. The van der Waals surface area contributed by atoms with E-state index in [1.165, 1.54) is 12.1 Å². The van der Waals surface area contributed by atoms with Crippen molar-refractivity contribution >= 4 is 11.9 Å². The molecule has 1 atom stereocenters. The molecule has 0 radical (unpaired) electrons. The molecule has 0 saturated heterocycles. The molecule has 1 aromatic rings. The van der Waals surface area contributed by atoms with Crippen LogP contribution in [0.2, 0.25) is 0 Å². The van der Waals surface area contributed by atoms with E-state index in [9.17, 15) is 9.59 Å². The average Bonchev–Trinajstić information content (AvgIpc) is 2.38. The largest absolute Gasteiger partial charge is 0.478 e. The first-order valence-electron chi connectivity index (χ1n) is 6.09. The maximum atomic E-state index is 12.0. The standard InChI is InChI=1S/C14H19NO4/c1-9(2)12(8-19-3)15-13(16)10-5-4-6-11(7-10)14(17)18/h4-7,9,12H,8H2,1-3H3,(H,15,16)(H,17,18). The number of carbonyl (C=O) groups excluding carboxylic acids is 1. The third-order valence-corrected chi connectivity index (χ3v) is 2.84. The van der Waals surface area contributed by atoms with Crippen LogP contribution in [0.15, 0.2) is 24.3 Å². The summed E-state index contributed by atoms with van der Waals surface area (Å²) in [6.07, 6.45) is 0. The van der Waals surface area contributed by atoms with Crippen LogP contribution in [0.3, 0.4) is 0 Å². The molecule has 5 heteroatoms. The molecule has 0 aliphatic carbocycles. The van der Waals surface area contributed by atoms with E-state index < -0.39 is 5.97 Å². The van der Waals surface area contributed by atoms with Crippen molar-refractivity contribution in [3.63, 3.8) is 0 Å². The maximum absolute atomic E-state index is 12.0. The molecule has 104 valence electrons. The van der Waals surface area contributed by atoms with Crippen molar-refractivity contribution in [2.24, 2.45) is 5.92 Å². The van der Waals surface area contributed by atoms with E-state index in [2.05, 4.69) is 5.32 Å². The number of aromatic carboxylic acids is 1. The summed E-state index contributed by atoms with van der Waals surface area (Å²) < 4.78 is 5.06. The van der Waals surface area contributed by atoms with E-state index in [0.29, 0.717) is 12.2 Å². The lowest BCUT2D eigenvalue weighted by Crippen LogP contribution is -2.41. The van der Waals surface area contributed by atoms with E-state index in [1.807, 2.05) is 13.8 Å². The SMILES string of the molecule is COCC(NC(=O)c1cccc(C(=O)O)c1)C(C)C. The van der Waals surface area contributed by atoms with Crippen LogP contribution < -0.4 is 5.32 Å². The van der Waals surface area contributed by atoms with E-state index in [4.69, 9.17) is 9.84 Å². The highest BCUT2D eigenvalue weighted by Crippen LogP contribution is 2.08. The second-order valence-corrected chi connectivity index (χ2v) is 4.67. The Kier molecular flexibility index (Phi) is 5.51. The van der Waals surface area contributed by atoms with E-state index in [0.717, 1.165) is 0 Å². The molecule has 0 aromatic heterocycles. The van der Waals surface area contributed by atoms with Gasteiger partial charge in [0.05, 0.1) is 18.2 Å². The zero-order valence-electron chi connectivity index (χ0n) is 11.3. The zero-order chi connectivity index (χ0) is 14.4. The molecule has 1 rings (SSSR count). The Bertz CT molecular complexity index is 457. The number of carboxylic acids is 1. The van der Waals surface area contributed by atoms with Gasteiger partial charge in [0.25, 0.3) is 5.91 Å². The van der Waals surface area contributed by atoms with Gasteiger partial charge >= 0.3 is 5.97 Å². The van der Waals surface area contributed by atoms with Crippen molar-refractivity contribution in [1.82, 2.24) is 5.32 Å². The van der Waals surface area contributed by atoms with Crippen LogP contribution >= 0.6 is 0 Å². The summed E-state index contributed by atoms with van der Waals surface area (Å²) >= 11 is 0. The van der Waals surface area contributed by atoms with Crippen molar-refractivity contribution in [3.8, 4) is 0 Å². The van der Waals surface area contributed by atoms with Crippen LogP contribution in [-0.4, -0.2) is 36.7 Å². The Balaban J connectivity index is 2.82. The average molecular weight is 265 g/mol. The van der Waals surface area contributed by atoms with Gasteiger partial charge in [-0.05, 0) is 24.1 Å². The van der Waals surface area contributed by atoms with Gasteiger partial charge in [-0.3, -0.25) is 4.79 Å². The van der Waals surface area contributed by atoms with Crippen molar-refractivity contribution in [1.29, 1.82) is 0 Å². The van der Waals surface area contributed by atoms with Gasteiger partial charge in [0.2, 0.25) is 0 Å². The fourth-order valence-electron chi connectivity index (χ4n) is 1.63. The van der Waals surface area contributed by atoms with Gasteiger partial charge in [-0.2, -0.15) is 0 Å². The van der Waals surface area contributed by atoms with Crippen molar-refractivity contribution < 1.29 is 19.4 Å². The number of benzene rings is 1. The van der Waals surface area contributed by atoms with Gasteiger partial charge in [-0.15, -0.1) is 0 Å². The molecule has 0 bridgehead atoms. The summed E-state index contributed by atoms with van der Waals surface area (Å²) in [6, 6.07) is 5.85. The molecule has 0 fully saturated rings. The van der Waals surface area contributed by atoms with Crippen LogP contribution in [0.25, 0.3) is 0 Å². The Labute approximate surface area is 112 Å². The Hall–Kier alpha value is -1.88. The molecular formula is C14H19NO4. The number of rotatable bonds is 6. The predicted octanol–water partition coefficient (Wildman–Crippen LogP) is 1.79. The van der Waals surface area contributed by atoms with E-state index >= 15 is 0 Å². The highest BCUT2D eigenvalue weighted by molar-refractivity contribution is 5.97. The molecule has 19 heavy (non-hydrogen) atoms. The third kappa shape index (κ3) is 4.37. The first-order chi connectivity index (χ1) is 8.95. The van der Waals surface area contributed by atoms with Gasteiger partial charge < -0.3 is 15.2 Å². The lowest BCUT2D eigenvalue weighted by molar-refractivity contribution is 0.0697. The number of ether oxygens (including phenoxy) is 1. The van der Waals surface area contributed by atoms with Gasteiger partial charge in [-0.1, -0.05) is 19.9 Å². The summed E-state index contributed by atoms with van der Waals surface area (Å²) in [4.78, 5) is 22.9. The number of amides is 1. The smallest absolute Gasteiger partial charge is 0.335 e. The molecule has 0 saturated carbocycles. The normalized spacial score (nSPS) is 12.2. The number of nitrogens with one attached hydrogen (secondary N) is 1. The third-order valence-electron chi connectivity index (χ3n) is 2.84. The van der Waals surface area contributed by atoms with Crippen molar-refractivity contribution in [2.75, 3.05) is 13.7 Å². The fourth-order valence-corrected chi connectivity index (χ4v) is 1.63. The van der Waals surface area contributed by atoms with Gasteiger partial charge in [0, 0.05) is 12.7 Å². The minimum absolute atomic E-state index is 0.0977. The summed E-state index contributed by atoms with van der Waals surface area (Å²) in [5.41, 5.74) is 0.433. The number of carbonyl (C=O) groups is 2. The second-order valence-electron chi connectivity index (χ2n) is 4.67. The van der Waals surface area contributed by atoms with Crippen LogP contribution in [-0.2, 0) is 4.74 Å². The van der Waals surface area contributed by atoms with Crippen LogP contribution in [0.4, 0.5) is 0 Å². The van der Waals surface area contributed by atoms with Crippen molar-refractivity contribution in [3.05, 3.63) is 35.4 Å². The Morgan fingerprint density at radius 3 is 2.47 bits per heavy atom. The fraction of sp³-hybridized carbons (Fsp3) is 0.429. The first-order valence-corrected chi connectivity index (χ1v) is 6.09. The highest BCUT2D eigenvalue weighted by atomic mass is 16.5. The van der Waals surface area contributed by atoms with Crippen LogP contribution in [0.1, 0.15) is 34.6 Å². The molecule has 1 amide bonds. The molecule has 2 N–H and O–H groups in total. The lowest BCUT2D eigenvalue weighted by Gasteiger charge is -2.21. The number of hydrogen-bond acceptors (Lipinski definition) is 3. The van der Waals surface area contributed by atoms with E-state index in [1.54, 1.807) is 19.2 Å². The summed E-state index contributed by atoms with van der Waals surface area (Å²) in [6.45, 7) is 4.39. The monoisotopic (exact) mass is 265 g/mol. The molecule has 0 spiro atoms. The van der Waals surface area contributed by atoms with Gasteiger partial charge in [0.1, 0.15) is 0 Å². The molecule has 0 aliphatic heterocycles. The molecule has 0 heterocycles. The summed E-state index contributed by atoms with van der Waals surface area (Å²) in [7, 11) is 1.58. The van der Waals surface area contributed by atoms with Crippen LogP contribution in [0.5, 0.6) is 0 Å². The minimum Gasteiger partial charge on any atom is -0.478 e. The predicted molar refractivity (Wildman–Crippen MR) is 71.4 cm³/mol. The molecule has 1 aromatic carbocycles. The highest BCUT2D eigenvalue weighted by Gasteiger charge is 2.17. The first kappa shape index (κ1) is 15.2. The number of hydrogen-bond donors (Lipinski definition) is 2. The van der Waals surface area contributed by atoms with Crippen LogP contribution in [0, 0.1) is 5.92 Å². The molecule has 0 aliphatic rings. The topological polar surface area (TPSA) is 75.6 Å². The molecule has 5 nitrogen and oxygen atoms in total. The van der Waals surface area contributed by atoms with Gasteiger partial charge in [-0.25, -0.2) is 4.79 Å². The summed E-state index contributed by atoms with van der Waals surface area (Å²) in [5.74, 6) is -1.11. The van der Waals surface area contributed by atoms with E-state index in [-0.39, 0.29) is 23.4 Å².